The Morgan fingerprint density at radius 3 is 1.39 bits per heavy atom. The lowest BCUT2D eigenvalue weighted by Crippen LogP contribution is -2.17. The zero-order valence-corrected chi connectivity index (χ0v) is 35.0. The summed E-state index contributed by atoms with van der Waals surface area (Å²) in [6.07, 6.45) is 38.2. The number of Topliss-reactive ketones (excluding diaryl/α,β-unsaturated/α-hetero) is 3. The molecule has 0 aromatic carbocycles. The Hall–Kier alpha value is -5.29. The van der Waals surface area contributed by atoms with Crippen LogP contribution in [0.4, 0.5) is 0 Å². The Labute approximate surface area is 334 Å². The molecule has 0 fully saturated rings. The summed E-state index contributed by atoms with van der Waals surface area (Å²) in [4.78, 5) is 41.7. The van der Waals surface area contributed by atoms with E-state index in [-0.39, 0.29) is 58.0 Å². The van der Waals surface area contributed by atoms with E-state index in [1.54, 1.807) is 6.08 Å². The normalized spacial score (nSPS) is 25.4. The maximum Gasteiger partial charge on any atom is 0.189 e. The largest absolute Gasteiger partial charge is 0.488 e. The quantitative estimate of drug-likeness (QED) is 0.235. The Morgan fingerprint density at radius 1 is 0.446 bits per heavy atom. The lowest BCUT2D eigenvalue weighted by Gasteiger charge is -2.21. The van der Waals surface area contributed by atoms with Crippen molar-refractivity contribution in [2.24, 2.45) is 35.0 Å². The molecule has 0 saturated heterocycles. The monoisotopic (exact) mass is 750 g/mol. The fourth-order valence-electron chi connectivity index (χ4n) is 6.83. The molecule has 0 amide bonds. The van der Waals surface area contributed by atoms with E-state index >= 15 is 0 Å². The van der Waals surface area contributed by atoms with Crippen molar-refractivity contribution in [3.63, 3.8) is 0 Å². The molecule has 0 aromatic heterocycles. The van der Waals surface area contributed by atoms with Gasteiger partial charge in [-0.3, -0.25) is 14.4 Å². The van der Waals surface area contributed by atoms with E-state index in [0.29, 0.717) is 39.4 Å². The van der Waals surface area contributed by atoms with Gasteiger partial charge in [-0.05, 0) is 68.2 Å². The third-order valence-corrected chi connectivity index (χ3v) is 10.5. The molecule has 5 atom stereocenters. The first-order chi connectivity index (χ1) is 26.3. The summed E-state index contributed by atoms with van der Waals surface area (Å²) in [6, 6.07) is 0. The van der Waals surface area contributed by atoms with Gasteiger partial charge in [0.15, 0.2) is 17.3 Å². The van der Waals surface area contributed by atoms with Crippen molar-refractivity contribution in [3.8, 4) is 0 Å². The molecule has 0 spiro atoms. The van der Waals surface area contributed by atoms with Gasteiger partial charge in [-0.1, -0.05) is 140 Å². The van der Waals surface area contributed by atoms with E-state index in [1.807, 2.05) is 153 Å². The van der Waals surface area contributed by atoms with Crippen LogP contribution >= 0.6 is 0 Å². The molecule has 0 radical (unpaired) electrons. The molecule has 0 N–H and O–H groups in total. The zero-order valence-electron chi connectivity index (χ0n) is 35.0. The number of hydrogen-bond acceptors (Lipinski definition) is 5. The van der Waals surface area contributed by atoms with Gasteiger partial charge >= 0.3 is 0 Å². The molecule has 5 unspecified atom stereocenters. The average Bonchev–Trinajstić information content (AvgIpc) is 3.66. The fourth-order valence-corrected chi connectivity index (χ4v) is 6.83. The van der Waals surface area contributed by atoms with E-state index in [9.17, 15) is 14.4 Å². The van der Waals surface area contributed by atoms with Crippen molar-refractivity contribution >= 4 is 17.3 Å². The van der Waals surface area contributed by atoms with Crippen LogP contribution in [-0.2, 0) is 23.9 Å². The second-order valence-electron chi connectivity index (χ2n) is 17.4. The summed E-state index contributed by atoms with van der Waals surface area (Å²) in [5.41, 5.74) is 4.62. The first-order valence-electron chi connectivity index (χ1n) is 19.8. The van der Waals surface area contributed by atoms with Gasteiger partial charge in [0.25, 0.3) is 0 Å². The standard InChI is InChI=1S/C51H58O5/c1-32-12-17-37(19-27-44(32)49(54)45-28-22-39(50(6,7)8)21-14-33(45)2)47(52)42-29-25-40(23-15-34(42)3)55-46-31-20-38(18-13-36(46)5)48(53)43-30-26-41(24-16-35(43)4)56-51(9,10)11/h12-36H,1-11H3. The second kappa shape index (κ2) is 17.2. The lowest BCUT2D eigenvalue weighted by molar-refractivity contribution is -0.113. The number of ether oxygens (including phenoxy) is 2. The minimum Gasteiger partial charge on any atom is -0.488 e. The van der Waals surface area contributed by atoms with E-state index in [1.165, 1.54) is 5.57 Å². The minimum absolute atomic E-state index is 0.000670. The SMILES string of the molecule is CC1C=CC(C(=O)C2=CC=C(OC(C)(C)C)C=CC2C)=CC=C1OC1=CC=C(C(=O)C2=CC=C(C(=O)C3=CC=C(C(C)(C)C)C=CC3C)C(C)C=C2)C(C)C=C1. The Bertz CT molecular complexity index is 2120. The minimum atomic E-state index is -0.342. The van der Waals surface area contributed by atoms with Gasteiger partial charge in [0.1, 0.15) is 22.9 Å². The third kappa shape index (κ3) is 10.3. The molecule has 292 valence electrons. The summed E-state index contributed by atoms with van der Waals surface area (Å²) < 4.78 is 12.4. The highest BCUT2D eigenvalue weighted by Gasteiger charge is 2.27. The molecular formula is C51H58O5. The number of ketones is 3. The fraction of sp³-hybridized carbons (Fsp3) is 0.353. The summed E-state index contributed by atoms with van der Waals surface area (Å²) in [7, 11) is 0. The summed E-state index contributed by atoms with van der Waals surface area (Å²) in [5.74, 6) is 1.29. The average molecular weight is 751 g/mol. The van der Waals surface area contributed by atoms with Gasteiger partial charge in [-0.15, -0.1) is 0 Å². The maximum absolute atomic E-state index is 14.0. The number of carbonyl (C=O) groups excluding carboxylic acids is 3. The molecule has 0 aliphatic heterocycles. The highest BCUT2D eigenvalue weighted by atomic mass is 16.5. The van der Waals surface area contributed by atoms with Crippen LogP contribution in [0.25, 0.3) is 0 Å². The Kier molecular flexibility index (Phi) is 12.9. The summed E-state index contributed by atoms with van der Waals surface area (Å²) in [5, 5.41) is 0. The van der Waals surface area contributed by atoms with Crippen LogP contribution in [0.5, 0.6) is 0 Å². The maximum atomic E-state index is 14.0. The lowest BCUT2D eigenvalue weighted by atomic mass is 9.86. The summed E-state index contributed by atoms with van der Waals surface area (Å²) in [6.45, 7) is 22.6. The van der Waals surface area contributed by atoms with E-state index in [0.717, 1.165) is 11.3 Å². The van der Waals surface area contributed by atoms with Crippen LogP contribution in [-0.4, -0.2) is 23.0 Å². The summed E-state index contributed by atoms with van der Waals surface area (Å²) >= 11 is 0. The van der Waals surface area contributed by atoms with Gasteiger partial charge in [0.05, 0.1) is 0 Å². The molecule has 56 heavy (non-hydrogen) atoms. The van der Waals surface area contributed by atoms with E-state index < -0.39 is 0 Å². The van der Waals surface area contributed by atoms with Crippen LogP contribution < -0.4 is 0 Å². The van der Waals surface area contributed by atoms with Crippen LogP contribution in [0.15, 0.2) is 178 Å². The predicted octanol–water partition coefficient (Wildman–Crippen LogP) is 11.7. The van der Waals surface area contributed by atoms with Gasteiger partial charge in [0.2, 0.25) is 0 Å². The van der Waals surface area contributed by atoms with Gasteiger partial charge in [-0.2, -0.15) is 0 Å². The highest BCUT2D eigenvalue weighted by Crippen LogP contribution is 2.34. The van der Waals surface area contributed by atoms with Crippen molar-refractivity contribution in [2.75, 3.05) is 0 Å². The number of allylic oxidation sites excluding steroid dienone is 27. The number of hydrogen-bond donors (Lipinski definition) is 0. The van der Waals surface area contributed by atoms with Crippen molar-refractivity contribution < 1.29 is 23.9 Å². The highest BCUT2D eigenvalue weighted by molar-refractivity contribution is 6.13. The van der Waals surface area contributed by atoms with Crippen molar-refractivity contribution in [1.82, 2.24) is 0 Å². The topological polar surface area (TPSA) is 69.7 Å². The smallest absolute Gasteiger partial charge is 0.189 e. The van der Waals surface area contributed by atoms with Gasteiger partial charge < -0.3 is 9.47 Å². The van der Waals surface area contributed by atoms with Crippen LogP contribution in [0.2, 0.25) is 0 Å². The van der Waals surface area contributed by atoms with Crippen LogP contribution in [0.1, 0.15) is 76.2 Å². The molecule has 0 saturated carbocycles. The number of rotatable bonds is 9. The molecular weight excluding hydrogens is 693 g/mol. The molecule has 5 aliphatic carbocycles. The van der Waals surface area contributed by atoms with Gasteiger partial charge in [-0.25, -0.2) is 0 Å². The Morgan fingerprint density at radius 2 is 0.857 bits per heavy atom. The molecule has 5 heteroatoms. The molecule has 5 aliphatic rings. The predicted molar refractivity (Wildman–Crippen MR) is 229 cm³/mol. The van der Waals surface area contributed by atoms with E-state index in [2.05, 4.69) is 39.0 Å². The first-order valence-corrected chi connectivity index (χ1v) is 19.8. The van der Waals surface area contributed by atoms with Crippen molar-refractivity contribution in [1.29, 1.82) is 0 Å². The number of carbonyl (C=O) groups is 3. The van der Waals surface area contributed by atoms with Crippen LogP contribution in [0, 0.1) is 35.0 Å². The second-order valence-corrected chi connectivity index (χ2v) is 17.4. The molecule has 0 aromatic rings. The molecule has 5 rings (SSSR count). The van der Waals surface area contributed by atoms with Crippen molar-refractivity contribution in [3.05, 3.63) is 178 Å². The first kappa shape index (κ1) is 41.9. The van der Waals surface area contributed by atoms with Gasteiger partial charge in [0, 0.05) is 63.0 Å². The third-order valence-electron chi connectivity index (χ3n) is 10.5. The Balaban J connectivity index is 1.34. The van der Waals surface area contributed by atoms with Crippen LogP contribution in [0.3, 0.4) is 0 Å². The molecule has 0 heterocycles. The molecule has 5 nitrogen and oxygen atoms in total. The van der Waals surface area contributed by atoms with Crippen molar-refractivity contribution in [2.45, 2.75) is 81.8 Å². The van der Waals surface area contributed by atoms with E-state index in [4.69, 9.17) is 9.47 Å². The zero-order chi connectivity index (χ0) is 40.9. The molecule has 0 bridgehead atoms.